The highest BCUT2D eigenvalue weighted by Crippen LogP contribution is 1.84. The Bertz CT molecular complexity index is 143. The molecule has 0 aliphatic carbocycles. The van der Waals surface area contributed by atoms with Gasteiger partial charge in [0.2, 0.25) is 5.91 Å². The first-order chi connectivity index (χ1) is 4.30. The van der Waals surface area contributed by atoms with E-state index in [4.69, 9.17) is 5.73 Å². The average molecular weight is 127 g/mol. The van der Waals surface area contributed by atoms with Gasteiger partial charge in [0.05, 0.1) is 0 Å². The fraction of sp³-hybridized carbons (Fsp3) is 0.400. The molecule has 1 atom stereocenters. The van der Waals surface area contributed by atoms with E-state index in [9.17, 15) is 4.79 Å². The Labute approximate surface area is 53.1 Å². The minimum absolute atomic E-state index is 0.255. The van der Waals surface area contributed by atoms with Crippen molar-refractivity contribution in [2.75, 3.05) is 6.54 Å². The lowest BCUT2D eigenvalue weighted by Gasteiger charge is -2.17. The number of hydrogen-bond acceptors (Lipinski definition) is 3. The van der Waals surface area contributed by atoms with E-state index in [2.05, 4.69) is 10.6 Å². The molecule has 0 radical (unpaired) electrons. The van der Waals surface area contributed by atoms with E-state index >= 15 is 0 Å². The zero-order chi connectivity index (χ0) is 6.69. The number of primary amides is 1. The van der Waals surface area contributed by atoms with Gasteiger partial charge in [-0.25, -0.2) is 0 Å². The Balaban J connectivity index is 2.44. The summed E-state index contributed by atoms with van der Waals surface area (Å²) in [7, 11) is 0. The Morgan fingerprint density at radius 2 is 2.44 bits per heavy atom. The van der Waals surface area contributed by atoms with Crippen LogP contribution in [0.25, 0.3) is 0 Å². The monoisotopic (exact) mass is 127 g/mol. The summed E-state index contributed by atoms with van der Waals surface area (Å²) in [6.07, 6.45) is 3.40. The van der Waals surface area contributed by atoms with Crippen LogP contribution in [0, 0.1) is 0 Å². The number of nitrogens with one attached hydrogen (secondary N) is 2. The third-order valence-corrected chi connectivity index (χ3v) is 1.16. The van der Waals surface area contributed by atoms with Gasteiger partial charge in [0.25, 0.3) is 0 Å². The lowest BCUT2D eigenvalue weighted by molar-refractivity contribution is -0.119. The number of nitrogens with two attached hydrogens (primary N) is 1. The topological polar surface area (TPSA) is 67.2 Å². The molecule has 1 heterocycles. The van der Waals surface area contributed by atoms with Crippen molar-refractivity contribution in [3.05, 3.63) is 12.4 Å². The van der Waals surface area contributed by atoms with E-state index in [-0.39, 0.29) is 11.9 Å². The van der Waals surface area contributed by atoms with E-state index in [1.54, 1.807) is 12.4 Å². The predicted molar refractivity (Wildman–Crippen MR) is 33.3 cm³/mol. The van der Waals surface area contributed by atoms with Gasteiger partial charge in [-0.2, -0.15) is 0 Å². The molecule has 1 unspecified atom stereocenters. The molecule has 9 heavy (non-hydrogen) atoms. The molecule has 0 saturated carbocycles. The van der Waals surface area contributed by atoms with Crippen LogP contribution >= 0.6 is 0 Å². The number of carbonyl (C=O) groups is 1. The lowest BCUT2D eigenvalue weighted by Crippen LogP contribution is -2.47. The molecular formula is C5H9N3O. The van der Waals surface area contributed by atoms with Crippen LogP contribution in [-0.4, -0.2) is 18.5 Å². The Kier molecular flexibility index (Phi) is 1.58. The highest BCUT2D eigenvalue weighted by molar-refractivity contribution is 5.80. The first-order valence-corrected chi connectivity index (χ1v) is 2.74. The molecule has 1 aliphatic rings. The molecule has 0 fully saturated rings. The number of hydrogen-bond donors (Lipinski definition) is 3. The molecule has 1 rings (SSSR count). The smallest absolute Gasteiger partial charge is 0.241 e. The average Bonchev–Trinajstić information content (AvgIpc) is 1.90. The molecule has 1 amide bonds. The summed E-state index contributed by atoms with van der Waals surface area (Å²) in [5.41, 5.74) is 4.99. The third-order valence-electron chi connectivity index (χ3n) is 1.16. The minimum atomic E-state index is -0.327. The molecule has 50 valence electrons. The van der Waals surface area contributed by atoms with Gasteiger partial charge >= 0.3 is 0 Å². The summed E-state index contributed by atoms with van der Waals surface area (Å²) >= 11 is 0. The molecule has 0 aromatic rings. The van der Waals surface area contributed by atoms with Crippen molar-refractivity contribution in [1.82, 2.24) is 10.6 Å². The first kappa shape index (κ1) is 5.94. The molecule has 1 aliphatic heterocycles. The Hall–Kier alpha value is -1.19. The summed E-state index contributed by atoms with van der Waals surface area (Å²) in [5.74, 6) is -0.327. The van der Waals surface area contributed by atoms with Crippen molar-refractivity contribution in [2.24, 2.45) is 5.73 Å². The zero-order valence-corrected chi connectivity index (χ0v) is 4.92. The molecule has 0 spiro atoms. The number of carbonyl (C=O) groups excluding carboxylic acids is 1. The van der Waals surface area contributed by atoms with E-state index in [0.717, 1.165) is 0 Å². The van der Waals surface area contributed by atoms with Crippen molar-refractivity contribution in [3.63, 3.8) is 0 Å². The number of rotatable bonds is 1. The van der Waals surface area contributed by atoms with Crippen molar-refractivity contribution in [2.45, 2.75) is 6.04 Å². The minimum Gasteiger partial charge on any atom is -0.387 e. The van der Waals surface area contributed by atoms with Gasteiger partial charge in [0.15, 0.2) is 0 Å². The Morgan fingerprint density at radius 1 is 1.67 bits per heavy atom. The van der Waals surface area contributed by atoms with Crippen molar-refractivity contribution in [1.29, 1.82) is 0 Å². The van der Waals surface area contributed by atoms with E-state index in [1.807, 2.05) is 0 Å². The Morgan fingerprint density at radius 3 is 2.78 bits per heavy atom. The predicted octanol–water partition coefficient (Wildman–Crippen LogP) is -1.50. The van der Waals surface area contributed by atoms with E-state index in [1.165, 1.54) is 0 Å². The summed E-state index contributed by atoms with van der Waals surface area (Å²) in [6.45, 7) is 0.575. The van der Waals surface area contributed by atoms with Crippen LogP contribution in [0.3, 0.4) is 0 Å². The van der Waals surface area contributed by atoms with Gasteiger partial charge < -0.3 is 16.4 Å². The molecular weight excluding hydrogens is 118 g/mol. The summed E-state index contributed by atoms with van der Waals surface area (Å²) < 4.78 is 0. The summed E-state index contributed by atoms with van der Waals surface area (Å²) in [5, 5.41) is 5.67. The van der Waals surface area contributed by atoms with Crippen molar-refractivity contribution >= 4 is 5.91 Å². The van der Waals surface area contributed by atoms with Crippen LogP contribution in [0.1, 0.15) is 0 Å². The summed E-state index contributed by atoms with van der Waals surface area (Å²) in [4.78, 5) is 10.4. The zero-order valence-electron chi connectivity index (χ0n) is 4.92. The van der Waals surface area contributed by atoms with Gasteiger partial charge in [-0.15, -0.1) is 0 Å². The van der Waals surface area contributed by atoms with Crippen molar-refractivity contribution < 1.29 is 4.79 Å². The quantitative estimate of drug-likeness (QED) is 0.402. The normalized spacial score (nSPS) is 24.2. The fourth-order valence-electron chi connectivity index (χ4n) is 0.651. The van der Waals surface area contributed by atoms with E-state index in [0.29, 0.717) is 6.54 Å². The molecule has 0 aromatic heterocycles. The van der Waals surface area contributed by atoms with Gasteiger partial charge in [0, 0.05) is 18.9 Å². The van der Waals surface area contributed by atoms with Gasteiger partial charge in [0.1, 0.15) is 6.04 Å². The highest BCUT2D eigenvalue weighted by Gasteiger charge is 2.13. The molecule has 0 saturated heterocycles. The highest BCUT2D eigenvalue weighted by atomic mass is 16.1. The van der Waals surface area contributed by atoms with Gasteiger partial charge in [-0.1, -0.05) is 0 Å². The van der Waals surface area contributed by atoms with Gasteiger partial charge in [-0.3, -0.25) is 4.79 Å². The third kappa shape index (κ3) is 1.35. The largest absolute Gasteiger partial charge is 0.387 e. The van der Waals surface area contributed by atoms with Gasteiger partial charge in [-0.05, 0) is 0 Å². The fourth-order valence-corrected chi connectivity index (χ4v) is 0.651. The van der Waals surface area contributed by atoms with Crippen LogP contribution in [0.2, 0.25) is 0 Å². The first-order valence-electron chi connectivity index (χ1n) is 2.74. The molecule has 0 bridgehead atoms. The number of amides is 1. The summed E-state index contributed by atoms with van der Waals surface area (Å²) in [6, 6.07) is -0.255. The second kappa shape index (κ2) is 2.39. The van der Waals surface area contributed by atoms with Crippen LogP contribution in [0.15, 0.2) is 12.4 Å². The molecule has 0 aromatic carbocycles. The molecule has 4 N–H and O–H groups in total. The SMILES string of the molecule is NC(=O)C1CNC=CN1. The molecule has 4 nitrogen and oxygen atoms in total. The second-order valence-electron chi connectivity index (χ2n) is 1.86. The van der Waals surface area contributed by atoms with Crippen LogP contribution in [-0.2, 0) is 4.79 Å². The van der Waals surface area contributed by atoms with Crippen LogP contribution in [0.4, 0.5) is 0 Å². The second-order valence-corrected chi connectivity index (χ2v) is 1.86. The maximum atomic E-state index is 10.4. The standard InChI is InChI=1S/C5H9N3O/c6-5(9)4-3-7-1-2-8-4/h1-2,4,7-8H,3H2,(H2,6,9). The van der Waals surface area contributed by atoms with Crippen molar-refractivity contribution in [3.8, 4) is 0 Å². The van der Waals surface area contributed by atoms with Crippen LogP contribution in [0.5, 0.6) is 0 Å². The molecule has 4 heteroatoms. The van der Waals surface area contributed by atoms with Crippen LogP contribution < -0.4 is 16.4 Å². The maximum absolute atomic E-state index is 10.4. The lowest BCUT2D eigenvalue weighted by atomic mass is 10.2. The van der Waals surface area contributed by atoms with E-state index < -0.39 is 0 Å². The maximum Gasteiger partial charge on any atom is 0.241 e.